The van der Waals surface area contributed by atoms with Crippen molar-refractivity contribution in [1.29, 1.82) is 0 Å². The van der Waals surface area contributed by atoms with Gasteiger partial charge in [0.25, 0.3) is 0 Å². The van der Waals surface area contributed by atoms with Crippen LogP contribution >= 0.6 is 0 Å². The van der Waals surface area contributed by atoms with Crippen molar-refractivity contribution in [3.63, 3.8) is 0 Å². The highest BCUT2D eigenvalue weighted by molar-refractivity contribution is 5.44. The van der Waals surface area contributed by atoms with E-state index in [9.17, 15) is 20.2 Å². The van der Waals surface area contributed by atoms with Gasteiger partial charge >= 0.3 is 5.69 Å². The number of nitrogens with zero attached hydrogens (tertiary/aromatic N) is 2. The van der Waals surface area contributed by atoms with Crippen LogP contribution in [0.3, 0.4) is 0 Å². The fraction of sp³-hybridized carbons (Fsp3) is 0. The maximum Gasteiger partial charge on any atom is 0.310 e. The molecule has 104 valence electrons. The van der Waals surface area contributed by atoms with Gasteiger partial charge in [-0.1, -0.05) is 30.3 Å². The van der Waals surface area contributed by atoms with Gasteiger partial charge in [-0.05, 0) is 18.2 Å². The molecular weight excluding hydrogens is 266 g/mol. The number of rotatable bonds is 3. The van der Waals surface area contributed by atoms with Gasteiger partial charge in [0.1, 0.15) is 5.69 Å². The normalized spacial score (nSPS) is 9.00. The van der Waals surface area contributed by atoms with E-state index in [0.717, 1.165) is 0 Å². The molecular formula is C12H11N3O5. The highest BCUT2D eigenvalue weighted by Gasteiger charge is 2.09. The SMILES string of the molecule is O=[N+]([O-])Nc1ccccc1.O=[N+]([O-])c1ccccc1O. The predicted octanol–water partition coefficient (Wildman–Crippen LogP) is 2.59. The summed E-state index contributed by atoms with van der Waals surface area (Å²) in [6.07, 6.45) is 0. The number of nitrogens with one attached hydrogen (secondary N) is 1. The molecule has 0 fully saturated rings. The Kier molecular flexibility index (Phi) is 5.45. The zero-order valence-electron chi connectivity index (χ0n) is 10.2. The zero-order chi connectivity index (χ0) is 15.0. The molecule has 2 N–H and O–H groups in total. The van der Waals surface area contributed by atoms with Gasteiger partial charge in [0.2, 0.25) is 0 Å². The molecule has 20 heavy (non-hydrogen) atoms. The minimum Gasteiger partial charge on any atom is -0.502 e. The van der Waals surface area contributed by atoms with E-state index in [0.29, 0.717) is 5.69 Å². The Bertz CT molecular complexity index is 589. The Hall–Kier alpha value is -3.16. The second-order valence-corrected chi connectivity index (χ2v) is 3.48. The lowest BCUT2D eigenvalue weighted by Crippen LogP contribution is -2.06. The lowest BCUT2D eigenvalue weighted by molar-refractivity contribution is -0.445. The molecule has 0 amide bonds. The maximum atomic E-state index is 10.1. The van der Waals surface area contributed by atoms with Gasteiger partial charge in [-0.15, -0.1) is 5.43 Å². The molecule has 0 aliphatic rings. The Labute approximate surface area is 113 Å². The minimum absolute atomic E-state index is 0.262. The van der Waals surface area contributed by atoms with Crippen LogP contribution in [0.2, 0.25) is 0 Å². The molecule has 0 spiro atoms. The predicted molar refractivity (Wildman–Crippen MR) is 71.8 cm³/mol. The topological polar surface area (TPSA) is 119 Å². The summed E-state index contributed by atoms with van der Waals surface area (Å²) in [5, 5.41) is 28.2. The van der Waals surface area contributed by atoms with Crippen LogP contribution in [0.4, 0.5) is 11.4 Å². The molecule has 2 rings (SSSR count). The second-order valence-electron chi connectivity index (χ2n) is 3.48. The van der Waals surface area contributed by atoms with Crippen LogP contribution in [0.25, 0.3) is 0 Å². The van der Waals surface area contributed by atoms with E-state index in [1.54, 1.807) is 30.3 Å². The van der Waals surface area contributed by atoms with Gasteiger partial charge < -0.3 is 5.11 Å². The molecule has 8 heteroatoms. The first kappa shape index (κ1) is 14.9. The number of benzene rings is 2. The van der Waals surface area contributed by atoms with Gasteiger partial charge in [-0.3, -0.25) is 10.1 Å². The molecule has 0 radical (unpaired) electrons. The smallest absolute Gasteiger partial charge is 0.310 e. The number of hydrazine groups is 1. The molecule has 0 aliphatic carbocycles. The monoisotopic (exact) mass is 277 g/mol. The summed E-state index contributed by atoms with van der Waals surface area (Å²) in [4.78, 5) is 19.3. The van der Waals surface area contributed by atoms with Crippen molar-refractivity contribution in [2.75, 3.05) is 5.43 Å². The number of hydrogen-bond acceptors (Lipinski definition) is 5. The molecule has 0 saturated heterocycles. The van der Waals surface area contributed by atoms with Crippen molar-refractivity contribution in [1.82, 2.24) is 0 Å². The quantitative estimate of drug-likeness (QED) is 0.657. The molecule has 2 aromatic carbocycles. The highest BCUT2D eigenvalue weighted by Crippen LogP contribution is 2.23. The number of nitro groups is 2. The summed E-state index contributed by atoms with van der Waals surface area (Å²) in [6.45, 7) is 0. The molecule has 0 atom stereocenters. The Morgan fingerprint density at radius 1 is 0.900 bits per heavy atom. The van der Waals surface area contributed by atoms with E-state index in [-0.39, 0.29) is 11.4 Å². The number of anilines is 1. The third-order valence-corrected chi connectivity index (χ3v) is 2.07. The Balaban J connectivity index is 0.000000200. The standard InChI is InChI=1S/C6H6N2O2.C6H5NO3/c9-8(10)7-6-4-2-1-3-5-6;8-6-4-2-1-3-5(6)7(9)10/h1-5,7H;1-4,8H. The van der Waals surface area contributed by atoms with Crippen LogP contribution in [-0.2, 0) is 0 Å². The van der Waals surface area contributed by atoms with Crippen molar-refractivity contribution in [2.24, 2.45) is 0 Å². The lowest BCUT2D eigenvalue weighted by Gasteiger charge is -1.93. The van der Waals surface area contributed by atoms with E-state index in [1.165, 1.54) is 24.3 Å². The molecule has 0 bridgehead atoms. The lowest BCUT2D eigenvalue weighted by atomic mass is 10.3. The van der Waals surface area contributed by atoms with Gasteiger partial charge in [0, 0.05) is 6.07 Å². The Morgan fingerprint density at radius 3 is 1.90 bits per heavy atom. The summed E-state index contributed by atoms with van der Waals surface area (Å²) in [7, 11) is 0. The molecule has 0 aromatic heterocycles. The molecule has 0 unspecified atom stereocenters. The third-order valence-electron chi connectivity index (χ3n) is 2.07. The number of phenols is 1. The largest absolute Gasteiger partial charge is 0.502 e. The molecule has 0 saturated carbocycles. The van der Waals surface area contributed by atoms with Gasteiger partial charge in [0.15, 0.2) is 10.8 Å². The first-order valence-electron chi connectivity index (χ1n) is 5.39. The summed E-state index contributed by atoms with van der Waals surface area (Å²) < 4.78 is 0. The number of hydrogen-bond donors (Lipinski definition) is 2. The van der Waals surface area contributed by atoms with E-state index >= 15 is 0 Å². The molecule has 2 aromatic rings. The summed E-state index contributed by atoms with van der Waals surface area (Å²) in [6, 6.07) is 14.1. The summed E-state index contributed by atoms with van der Waals surface area (Å²) in [5.74, 6) is -0.299. The van der Waals surface area contributed by atoms with E-state index in [4.69, 9.17) is 5.11 Å². The van der Waals surface area contributed by atoms with E-state index in [2.05, 4.69) is 0 Å². The van der Waals surface area contributed by atoms with Crippen LogP contribution < -0.4 is 5.43 Å². The van der Waals surface area contributed by atoms with Gasteiger partial charge in [-0.2, -0.15) is 0 Å². The molecule has 8 nitrogen and oxygen atoms in total. The molecule has 0 aliphatic heterocycles. The zero-order valence-corrected chi connectivity index (χ0v) is 10.2. The van der Waals surface area contributed by atoms with Crippen LogP contribution in [0, 0.1) is 20.2 Å². The average Bonchev–Trinajstić information content (AvgIpc) is 2.40. The van der Waals surface area contributed by atoms with Crippen LogP contribution in [0.15, 0.2) is 54.6 Å². The summed E-state index contributed by atoms with van der Waals surface area (Å²) >= 11 is 0. The highest BCUT2D eigenvalue weighted by atomic mass is 16.7. The first-order valence-corrected chi connectivity index (χ1v) is 5.39. The third kappa shape index (κ3) is 5.00. The fourth-order valence-electron chi connectivity index (χ4n) is 1.24. The van der Waals surface area contributed by atoms with Crippen LogP contribution in [-0.4, -0.2) is 15.1 Å². The van der Waals surface area contributed by atoms with Crippen LogP contribution in [0.5, 0.6) is 5.75 Å². The van der Waals surface area contributed by atoms with Crippen molar-refractivity contribution in [2.45, 2.75) is 0 Å². The second kappa shape index (κ2) is 7.31. The number of phenolic OH excluding ortho intramolecular Hbond substituents is 1. The number of aromatic hydroxyl groups is 1. The maximum absolute atomic E-state index is 10.1. The van der Waals surface area contributed by atoms with Crippen molar-refractivity contribution >= 4 is 11.4 Å². The fourth-order valence-corrected chi connectivity index (χ4v) is 1.24. The Morgan fingerprint density at radius 2 is 1.45 bits per heavy atom. The van der Waals surface area contributed by atoms with Gasteiger partial charge in [-0.25, -0.2) is 10.1 Å². The van der Waals surface area contributed by atoms with E-state index in [1.807, 2.05) is 5.43 Å². The first-order chi connectivity index (χ1) is 9.50. The van der Waals surface area contributed by atoms with Crippen molar-refractivity contribution in [3.05, 3.63) is 74.8 Å². The van der Waals surface area contributed by atoms with E-state index < -0.39 is 9.96 Å². The minimum atomic E-state index is -0.630. The van der Waals surface area contributed by atoms with Crippen LogP contribution in [0.1, 0.15) is 0 Å². The number of para-hydroxylation sites is 3. The van der Waals surface area contributed by atoms with Crippen molar-refractivity contribution < 1.29 is 15.1 Å². The molecule has 0 heterocycles. The summed E-state index contributed by atoms with van der Waals surface area (Å²) in [5.41, 5.74) is 2.26. The van der Waals surface area contributed by atoms with Crippen molar-refractivity contribution in [3.8, 4) is 5.75 Å². The number of nitro benzene ring substituents is 1. The van der Waals surface area contributed by atoms with Gasteiger partial charge in [0.05, 0.1) is 4.92 Å². The average molecular weight is 277 g/mol.